The molecule has 3 aromatic rings. The highest BCUT2D eigenvalue weighted by Crippen LogP contribution is 2.29. The van der Waals surface area contributed by atoms with E-state index in [4.69, 9.17) is 18.9 Å². The summed E-state index contributed by atoms with van der Waals surface area (Å²) in [6.07, 6.45) is 1.42. The number of ether oxygens (including phenoxy) is 4. The lowest BCUT2D eigenvalue weighted by molar-refractivity contribution is -0.123. The topological polar surface area (TPSA) is 95.5 Å². The van der Waals surface area contributed by atoms with E-state index in [9.17, 15) is 14.0 Å². The number of benzene rings is 3. The first-order valence-electron chi connectivity index (χ1n) is 10.9. The van der Waals surface area contributed by atoms with E-state index >= 15 is 0 Å². The van der Waals surface area contributed by atoms with Crippen LogP contribution in [0, 0.1) is 5.82 Å². The van der Waals surface area contributed by atoms with E-state index in [1.54, 1.807) is 43.3 Å². The lowest BCUT2D eigenvalue weighted by atomic mass is 10.2. The molecule has 182 valence electrons. The largest absolute Gasteiger partial charge is 0.490 e. The van der Waals surface area contributed by atoms with Crippen molar-refractivity contribution in [2.24, 2.45) is 5.10 Å². The second kappa shape index (κ2) is 12.7. The lowest BCUT2D eigenvalue weighted by Crippen LogP contribution is -2.24. The normalized spacial score (nSPS) is 10.6. The molecule has 0 saturated carbocycles. The maximum atomic E-state index is 13.1. The SMILES string of the molecule is CCOc1ccccc1OCC(=O)N/N=C/c1ccc(OC(=O)c2ccc(F)cc2)c(OCC)c1. The van der Waals surface area contributed by atoms with Crippen molar-refractivity contribution >= 4 is 18.1 Å². The second-order valence-corrected chi connectivity index (χ2v) is 7.00. The third kappa shape index (κ3) is 7.56. The molecule has 0 unspecified atom stereocenters. The van der Waals surface area contributed by atoms with Crippen molar-refractivity contribution in [3.05, 3.63) is 83.7 Å². The predicted octanol–water partition coefficient (Wildman–Crippen LogP) is 4.37. The Hall–Kier alpha value is -4.40. The summed E-state index contributed by atoms with van der Waals surface area (Å²) < 4.78 is 35.0. The summed E-state index contributed by atoms with van der Waals surface area (Å²) in [6, 6.07) is 16.9. The summed E-state index contributed by atoms with van der Waals surface area (Å²) in [6.45, 7) is 4.21. The molecule has 3 rings (SSSR count). The average Bonchev–Trinajstić information content (AvgIpc) is 2.86. The molecule has 0 spiro atoms. The van der Waals surface area contributed by atoms with Crippen LogP contribution in [0.3, 0.4) is 0 Å². The van der Waals surface area contributed by atoms with Gasteiger partial charge in [-0.3, -0.25) is 4.79 Å². The minimum absolute atomic E-state index is 0.198. The Bertz CT molecular complexity index is 1180. The van der Waals surface area contributed by atoms with Gasteiger partial charge >= 0.3 is 5.97 Å². The van der Waals surface area contributed by atoms with Gasteiger partial charge in [0.25, 0.3) is 5.91 Å². The summed E-state index contributed by atoms with van der Waals surface area (Å²) in [4.78, 5) is 24.4. The number of carbonyl (C=O) groups excluding carboxylic acids is 2. The summed E-state index contributed by atoms with van der Waals surface area (Å²) in [7, 11) is 0. The Balaban J connectivity index is 1.59. The van der Waals surface area contributed by atoms with E-state index in [2.05, 4.69) is 10.5 Å². The van der Waals surface area contributed by atoms with Gasteiger partial charge in [0.2, 0.25) is 0 Å². The highest BCUT2D eigenvalue weighted by atomic mass is 19.1. The third-order valence-corrected chi connectivity index (χ3v) is 4.46. The van der Waals surface area contributed by atoms with E-state index in [0.717, 1.165) is 0 Å². The molecule has 0 aromatic heterocycles. The number of amides is 1. The molecule has 0 heterocycles. The van der Waals surface area contributed by atoms with Gasteiger partial charge in [-0.1, -0.05) is 12.1 Å². The molecular formula is C26H25FN2O6. The summed E-state index contributed by atoms with van der Waals surface area (Å²) >= 11 is 0. The quantitative estimate of drug-likeness (QED) is 0.190. The fourth-order valence-corrected chi connectivity index (χ4v) is 2.90. The molecule has 1 amide bonds. The maximum absolute atomic E-state index is 13.1. The van der Waals surface area contributed by atoms with Crippen LogP contribution in [0.2, 0.25) is 0 Å². The smallest absolute Gasteiger partial charge is 0.343 e. The molecule has 8 nitrogen and oxygen atoms in total. The number of esters is 1. The zero-order valence-electron chi connectivity index (χ0n) is 19.3. The highest BCUT2D eigenvalue weighted by molar-refractivity contribution is 5.91. The second-order valence-electron chi connectivity index (χ2n) is 7.00. The molecule has 0 bridgehead atoms. The molecule has 3 aromatic carbocycles. The monoisotopic (exact) mass is 480 g/mol. The van der Waals surface area contributed by atoms with Crippen LogP contribution in [0.1, 0.15) is 29.8 Å². The summed E-state index contributed by atoms with van der Waals surface area (Å²) in [5, 5.41) is 3.93. The Labute approximate surface area is 202 Å². The Kier molecular flexibility index (Phi) is 9.18. The molecule has 0 aliphatic carbocycles. The molecule has 0 saturated heterocycles. The van der Waals surface area contributed by atoms with Crippen molar-refractivity contribution in [3.63, 3.8) is 0 Å². The van der Waals surface area contributed by atoms with Crippen LogP contribution in [0.25, 0.3) is 0 Å². The third-order valence-electron chi connectivity index (χ3n) is 4.46. The minimum Gasteiger partial charge on any atom is -0.490 e. The fourth-order valence-electron chi connectivity index (χ4n) is 2.90. The maximum Gasteiger partial charge on any atom is 0.343 e. The van der Waals surface area contributed by atoms with Crippen LogP contribution >= 0.6 is 0 Å². The molecule has 0 fully saturated rings. The van der Waals surface area contributed by atoms with Gasteiger partial charge in [0.1, 0.15) is 5.82 Å². The average molecular weight is 480 g/mol. The van der Waals surface area contributed by atoms with E-state index in [1.165, 1.54) is 30.5 Å². The summed E-state index contributed by atoms with van der Waals surface area (Å²) in [5.41, 5.74) is 3.18. The number of rotatable bonds is 11. The molecular weight excluding hydrogens is 455 g/mol. The Morgan fingerprint density at radius 3 is 2.20 bits per heavy atom. The number of hydrogen-bond donors (Lipinski definition) is 1. The number of halogens is 1. The van der Waals surface area contributed by atoms with Crippen LogP contribution in [-0.2, 0) is 4.79 Å². The zero-order valence-corrected chi connectivity index (χ0v) is 19.3. The van der Waals surface area contributed by atoms with Crippen LogP contribution in [0.4, 0.5) is 4.39 Å². The molecule has 1 N–H and O–H groups in total. The van der Waals surface area contributed by atoms with Crippen molar-refractivity contribution in [2.75, 3.05) is 19.8 Å². The van der Waals surface area contributed by atoms with E-state index in [1.807, 2.05) is 13.0 Å². The summed E-state index contributed by atoms with van der Waals surface area (Å²) in [5.74, 6) is -0.0319. The fraction of sp³-hybridized carbons (Fsp3) is 0.192. The Morgan fingerprint density at radius 2 is 1.51 bits per heavy atom. The van der Waals surface area contributed by atoms with E-state index in [-0.39, 0.29) is 17.9 Å². The van der Waals surface area contributed by atoms with Gasteiger partial charge in [-0.2, -0.15) is 5.10 Å². The van der Waals surface area contributed by atoms with Gasteiger partial charge in [-0.05, 0) is 74.0 Å². The van der Waals surface area contributed by atoms with Gasteiger partial charge in [0.15, 0.2) is 29.6 Å². The molecule has 0 radical (unpaired) electrons. The number of hydrazone groups is 1. The van der Waals surface area contributed by atoms with Gasteiger partial charge in [-0.25, -0.2) is 14.6 Å². The van der Waals surface area contributed by atoms with E-state index < -0.39 is 17.7 Å². The van der Waals surface area contributed by atoms with Gasteiger partial charge in [-0.15, -0.1) is 0 Å². The molecule has 35 heavy (non-hydrogen) atoms. The molecule has 9 heteroatoms. The van der Waals surface area contributed by atoms with Crippen molar-refractivity contribution < 1.29 is 32.9 Å². The van der Waals surface area contributed by atoms with Crippen molar-refractivity contribution in [2.45, 2.75) is 13.8 Å². The number of nitrogens with one attached hydrogen (secondary N) is 1. The first-order valence-corrected chi connectivity index (χ1v) is 10.9. The number of nitrogens with zero attached hydrogens (tertiary/aromatic N) is 1. The predicted molar refractivity (Wildman–Crippen MR) is 128 cm³/mol. The molecule has 0 aliphatic heterocycles. The van der Waals surface area contributed by atoms with E-state index in [0.29, 0.717) is 36.0 Å². The number of carbonyl (C=O) groups is 2. The highest BCUT2D eigenvalue weighted by Gasteiger charge is 2.13. The molecule has 0 aliphatic rings. The first-order chi connectivity index (χ1) is 17.0. The van der Waals surface area contributed by atoms with Crippen molar-refractivity contribution in [1.29, 1.82) is 0 Å². The van der Waals surface area contributed by atoms with Crippen molar-refractivity contribution in [3.8, 4) is 23.0 Å². The number of hydrogen-bond acceptors (Lipinski definition) is 7. The van der Waals surface area contributed by atoms with Crippen molar-refractivity contribution in [1.82, 2.24) is 5.43 Å². The van der Waals surface area contributed by atoms with Gasteiger partial charge in [0.05, 0.1) is 25.0 Å². The molecule has 0 atom stereocenters. The van der Waals surface area contributed by atoms with Crippen LogP contribution in [0.15, 0.2) is 71.8 Å². The lowest BCUT2D eigenvalue weighted by Gasteiger charge is -2.11. The Morgan fingerprint density at radius 1 is 0.857 bits per heavy atom. The van der Waals surface area contributed by atoms with Gasteiger partial charge < -0.3 is 18.9 Å². The zero-order chi connectivity index (χ0) is 25.0. The van der Waals surface area contributed by atoms with Gasteiger partial charge in [0, 0.05) is 0 Å². The standard InChI is InChI=1S/C26H25FN2O6/c1-3-32-21-7-5-6-8-22(21)34-17-25(30)29-28-16-18-9-14-23(24(15-18)33-4-2)35-26(31)19-10-12-20(27)13-11-19/h5-16H,3-4,17H2,1-2H3,(H,29,30)/b28-16+. The number of para-hydroxylation sites is 2. The van der Waals surface area contributed by atoms with Crippen LogP contribution in [-0.4, -0.2) is 37.9 Å². The minimum atomic E-state index is -0.648. The van der Waals surface area contributed by atoms with Crippen LogP contribution < -0.4 is 24.4 Å². The van der Waals surface area contributed by atoms with Crippen LogP contribution in [0.5, 0.6) is 23.0 Å². The first kappa shape index (κ1) is 25.2.